The number of rotatable bonds is 14. The van der Waals surface area contributed by atoms with Crippen LogP contribution in [0.3, 0.4) is 0 Å². The van der Waals surface area contributed by atoms with E-state index in [0.29, 0.717) is 18.8 Å². The van der Waals surface area contributed by atoms with Crippen molar-refractivity contribution in [2.24, 2.45) is 5.92 Å². The molecule has 0 saturated heterocycles. The number of unbranched alkanes of at least 4 members (excludes halogenated alkanes) is 2. The van der Waals surface area contributed by atoms with E-state index >= 15 is 0 Å². The number of carbonyl (C=O) groups excluding carboxylic acids is 2. The van der Waals surface area contributed by atoms with Crippen LogP contribution in [0, 0.1) is 5.92 Å². The first kappa shape index (κ1) is 22.9. The summed E-state index contributed by atoms with van der Waals surface area (Å²) in [6.07, 6.45) is 8.48. The quantitative estimate of drug-likeness (QED) is 0.240. The summed E-state index contributed by atoms with van der Waals surface area (Å²) in [7, 11) is 0. The Balaban J connectivity index is 4.13. The Hall–Kier alpha value is -1.06. The van der Waals surface area contributed by atoms with E-state index in [1.165, 1.54) is 19.3 Å². The minimum Gasteiger partial charge on any atom is -0.462 e. The van der Waals surface area contributed by atoms with E-state index < -0.39 is 11.2 Å². The van der Waals surface area contributed by atoms with Crippen LogP contribution < -0.4 is 0 Å². The lowest BCUT2D eigenvalue weighted by atomic mass is 9.87. The lowest BCUT2D eigenvalue weighted by Gasteiger charge is -2.29. The maximum absolute atomic E-state index is 12.1. The molecule has 4 heteroatoms. The highest BCUT2D eigenvalue weighted by Gasteiger charge is 2.26. The highest BCUT2D eigenvalue weighted by Crippen LogP contribution is 2.27. The fraction of sp³-hybridized carbons (Fsp3) is 0.900. The van der Waals surface area contributed by atoms with Gasteiger partial charge in [-0.15, -0.1) is 0 Å². The van der Waals surface area contributed by atoms with Crippen LogP contribution >= 0.6 is 0 Å². The van der Waals surface area contributed by atoms with Crippen LogP contribution in [0.25, 0.3) is 0 Å². The van der Waals surface area contributed by atoms with E-state index in [1.54, 1.807) is 0 Å². The summed E-state index contributed by atoms with van der Waals surface area (Å²) in [5, 5.41) is 0. The molecule has 0 amide bonds. The Bertz CT molecular complexity index is 361. The maximum atomic E-state index is 12.1. The van der Waals surface area contributed by atoms with Crippen molar-refractivity contribution in [2.75, 3.05) is 0 Å². The molecule has 0 aliphatic carbocycles. The third-order valence-electron chi connectivity index (χ3n) is 4.49. The average molecular weight is 343 g/mol. The molecule has 0 bridgehead atoms. The van der Waals surface area contributed by atoms with Crippen molar-refractivity contribution in [3.05, 3.63) is 0 Å². The van der Waals surface area contributed by atoms with Gasteiger partial charge in [-0.3, -0.25) is 9.59 Å². The molecule has 0 aromatic heterocycles. The van der Waals surface area contributed by atoms with Gasteiger partial charge >= 0.3 is 5.97 Å². The molecule has 0 aliphatic rings. The van der Waals surface area contributed by atoms with Gasteiger partial charge in [-0.2, -0.15) is 0 Å². The summed E-state index contributed by atoms with van der Waals surface area (Å²) in [4.78, 5) is 22.5. The Morgan fingerprint density at radius 1 is 1.04 bits per heavy atom. The standard InChI is InChI=1S/C20H38O4/c1-7-9-12-17(8-2)15-20(5,6)24-18(22)13-10-11-14-19(3,4)23-16-21/h16-17H,7-15H2,1-6H3. The fourth-order valence-corrected chi connectivity index (χ4v) is 3.05. The summed E-state index contributed by atoms with van der Waals surface area (Å²) in [6, 6.07) is 0. The number of hydrogen-bond donors (Lipinski definition) is 0. The van der Waals surface area contributed by atoms with E-state index in [4.69, 9.17) is 9.47 Å². The zero-order valence-corrected chi connectivity index (χ0v) is 16.7. The van der Waals surface area contributed by atoms with Crippen LogP contribution in [0.2, 0.25) is 0 Å². The number of carbonyl (C=O) groups is 2. The molecule has 0 heterocycles. The van der Waals surface area contributed by atoms with Gasteiger partial charge in [-0.25, -0.2) is 0 Å². The van der Waals surface area contributed by atoms with Gasteiger partial charge in [0.2, 0.25) is 0 Å². The van der Waals surface area contributed by atoms with E-state index in [2.05, 4.69) is 13.8 Å². The second-order valence-electron chi connectivity index (χ2n) is 8.04. The number of esters is 1. The molecule has 0 aromatic carbocycles. The van der Waals surface area contributed by atoms with Crippen molar-refractivity contribution >= 4 is 12.4 Å². The van der Waals surface area contributed by atoms with Crippen molar-refractivity contribution in [1.82, 2.24) is 0 Å². The van der Waals surface area contributed by atoms with Crippen molar-refractivity contribution in [3.63, 3.8) is 0 Å². The smallest absolute Gasteiger partial charge is 0.306 e. The lowest BCUT2D eigenvalue weighted by molar-refractivity contribution is -0.158. The van der Waals surface area contributed by atoms with Crippen LogP contribution in [-0.2, 0) is 19.1 Å². The topological polar surface area (TPSA) is 52.6 Å². The molecule has 0 N–H and O–H groups in total. The molecule has 0 spiro atoms. The predicted molar refractivity (Wildman–Crippen MR) is 97.8 cm³/mol. The van der Waals surface area contributed by atoms with E-state index in [0.717, 1.165) is 32.1 Å². The minimum absolute atomic E-state index is 0.126. The van der Waals surface area contributed by atoms with Gasteiger partial charge in [-0.05, 0) is 59.3 Å². The SMILES string of the molecule is CCCCC(CC)CC(C)(C)OC(=O)CCCCC(C)(C)OC=O. The monoisotopic (exact) mass is 342 g/mol. The zero-order chi connectivity index (χ0) is 18.6. The second-order valence-corrected chi connectivity index (χ2v) is 8.04. The summed E-state index contributed by atoms with van der Waals surface area (Å²) >= 11 is 0. The number of ether oxygens (including phenoxy) is 2. The van der Waals surface area contributed by atoms with Gasteiger partial charge in [0.15, 0.2) is 0 Å². The van der Waals surface area contributed by atoms with E-state index in [1.807, 2.05) is 27.7 Å². The third kappa shape index (κ3) is 11.5. The highest BCUT2D eigenvalue weighted by molar-refractivity contribution is 5.69. The first-order chi connectivity index (χ1) is 11.2. The van der Waals surface area contributed by atoms with E-state index in [-0.39, 0.29) is 5.97 Å². The predicted octanol–water partition coefficient (Wildman–Crippen LogP) is 5.43. The Kier molecular flexibility index (Phi) is 11.0. The molecule has 1 unspecified atom stereocenters. The molecule has 4 nitrogen and oxygen atoms in total. The first-order valence-corrected chi connectivity index (χ1v) is 9.49. The zero-order valence-electron chi connectivity index (χ0n) is 16.7. The first-order valence-electron chi connectivity index (χ1n) is 9.49. The van der Waals surface area contributed by atoms with Crippen LogP contribution in [0.15, 0.2) is 0 Å². The van der Waals surface area contributed by atoms with Crippen LogP contribution in [0.4, 0.5) is 0 Å². The number of hydrogen-bond acceptors (Lipinski definition) is 4. The van der Waals surface area contributed by atoms with Crippen LogP contribution in [-0.4, -0.2) is 23.6 Å². The summed E-state index contributed by atoms with van der Waals surface area (Å²) in [5.74, 6) is 0.494. The summed E-state index contributed by atoms with van der Waals surface area (Å²) in [6.45, 7) is 12.7. The van der Waals surface area contributed by atoms with Crippen molar-refractivity contribution in [1.29, 1.82) is 0 Å². The molecule has 24 heavy (non-hydrogen) atoms. The highest BCUT2D eigenvalue weighted by atomic mass is 16.6. The molecule has 142 valence electrons. The molecule has 1 atom stereocenters. The van der Waals surface area contributed by atoms with Crippen LogP contribution in [0.5, 0.6) is 0 Å². The van der Waals surface area contributed by atoms with Gasteiger partial charge in [-0.1, -0.05) is 39.5 Å². The molecule has 0 aromatic rings. The molecular formula is C20H38O4. The van der Waals surface area contributed by atoms with Gasteiger partial charge in [0.25, 0.3) is 6.47 Å². The third-order valence-corrected chi connectivity index (χ3v) is 4.49. The van der Waals surface area contributed by atoms with Gasteiger partial charge < -0.3 is 9.47 Å². The Labute approximate surface area is 148 Å². The summed E-state index contributed by atoms with van der Waals surface area (Å²) in [5.41, 5.74) is -0.857. The van der Waals surface area contributed by atoms with Gasteiger partial charge in [0, 0.05) is 6.42 Å². The molecule has 0 radical (unpaired) electrons. The van der Waals surface area contributed by atoms with Gasteiger partial charge in [0.1, 0.15) is 11.2 Å². The summed E-state index contributed by atoms with van der Waals surface area (Å²) < 4.78 is 10.7. The Morgan fingerprint density at radius 2 is 1.71 bits per heavy atom. The van der Waals surface area contributed by atoms with E-state index in [9.17, 15) is 9.59 Å². The van der Waals surface area contributed by atoms with Crippen LogP contribution in [0.1, 0.15) is 99.3 Å². The molecule has 0 aliphatic heterocycles. The van der Waals surface area contributed by atoms with Crippen molar-refractivity contribution in [2.45, 2.75) is 111 Å². The molecule has 0 rings (SSSR count). The lowest BCUT2D eigenvalue weighted by Crippen LogP contribution is -2.31. The van der Waals surface area contributed by atoms with Gasteiger partial charge in [0.05, 0.1) is 0 Å². The normalized spacial score (nSPS) is 13.4. The second kappa shape index (κ2) is 11.5. The molecule has 0 saturated carbocycles. The maximum Gasteiger partial charge on any atom is 0.306 e. The van der Waals surface area contributed by atoms with Crippen molar-refractivity contribution in [3.8, 4) is 0 Å². The molecular weight excluding hydrogens is 304 g/mol. The fourth-order valence-electron chi connectivity index (χ4n) is 3.05. The average Bonchev–Trinajstić information content (AvgIpc) is 2.47. The Morgan fingerprint density at radius 3 is 2.25 bits per heavy atom. The molecule has 0 fully saturated rings. The van der Waals surface area contributed by atoms with Crippen molar-refractivity contribution < 1.29 is 19.1 Å². The largest absolute Gasteiger partial charge is 0.462 e. The minimum atomic E-state index is -0.460.